The lowest BCUT2D eigenvalue weighted by Crippen LogP contribution is -1.97. The van der Waals surface area contributed by atoms with Gasteiger partial charge in [0.15, 0.2) is 0 Å². The molecule has 3 heteroatoms. The van der Waals surface area contributed by atoms with Gasteiger partial charge >= 0.3 is 5.63 Å². The first kappa shape index (κ1) is 12.1. The smallest absolute Gasteiger partial charge is 0.337 e. The fourth-order valence-corrected chi connectivity index (χ4v) is 3.00. The second-order valence-electron chi connectivity index (χ2n) is 4.29. The van der Waals surface area contributed by atoms with Crippen molar-refractivity contribution >= 4 is 22.7 Å². The van der Waals surface area contributed by atoms with Gasteiger partial charge in [-0.1, -0.05) is 48.2 Å². The van der Waals surface area contributed by atoms with E-state index in [-0.39, 0.29) is 5.63 Å². The van der Waals surface area contributed by atoms with Gasteiger partial charge < -0.3 is 4.42 Å². The summed E-state index contributed by atoms with van der Waals surface area (Å²) in [6.45, 7) is 2.07. The van der Waals surface area contributed by atoms with Gasteiger partial charge in [-0.05, 0) is 24.6 Å². The van der Waals surface area contributed by atoms with Gasteiger partial charge in [0.05, 0.1) is 0 Å². The van der Waals surface area contributed by atoms with Crippen LogP contribution in [-0.4, -0.2) is 0 Å². The van der Waals surface area contributed by atoms with Gasteiger partial charge in [0.1, 0.15) is 5.58 Å². The zero-order valence-electron chi connectivity index (χ0n) is 10.4. The molecule has 0 aliphatic rings. The molecule has 0 bridgehead atoms. The molecule has 0 saturated heterocycles. The molecular weight excluding hydrogens is 256 g/mol. The minimum atomic E-state index is -0.310. The maximum absolute atomic E-state index is 11.6. The molecule has 94 valence electrons. The summed E-state index contributed by atoms with van der Waals surface area (Å²) in [5.41, 5.74) is 1.52. The lowest BCUT2D eigenvalue weighted by atomic mass is 10.2. The van der Waals surface area contributed by atoms with E-state index in [1.54, 1.807) is 17.8 Å². The van der Waals surface area contributed by atoms with Crippen molar-refractivity contribution in [2.75, 3.05) is 0 Å². The maximum atomic E-state index is 11.6. The Morgan fingerprint density at radius 2 is 1.68 bits per heavy atom. The molecule has 1 aromatic heterocycles. The van der Waals surface area contributed by atoms with Gasteiger partial charge in [-0.2, -0.15) is 0 Å². The van der Waals surface area contributed by atoms with E-state index in [4.69, 9.17) is 4.42 Å². The third-order valence-electron chi connectivity index (χ3n) is 2.93. The summed E-state index contributed by atoms with van der Waals surface area (Å²) in [5, 5.41) is 0.968. The Balaban J connectivity index is 2.15. The van der Waals surface area contributed by atoms with Crippen molar-refractivity contribution in [3.8, 4) is 0 Å². The third kappa shape index (κ3) is 2.42. The van der Waals surface area contributed by atoms with Crippen molar-refractivity contribution in [2.24, 2.45) is 0 Å². The quantitative estimate of drug-likeness (QED) is 0.651. The van der Waals surface area contributed by atoms with Crippen molar-refractivity contribution in [3.63, 3.8) is 0 Å². The van der Waals surface area contributed by atoms with Crippen LogP contribution >= 0.6 is 11.8 Å². The predicted molar refractivity (Wildman–Crippen MR) is 77.8 cm³/mol. The molecule has 0 aliphatic carbocycles. The van der Waals surface area contributed by atoms with E-state index in [9.17, 15) is 4.79 Å². The molecule has 0 spiro atoms. The van der Waals surface area contributed by atoms with E-state index < -0.39 is 0 Å². The first-order valence-corrected chi connectivity index (χ1v) is 6.82. The molecule has 0 N–H and O–H groups in total. The summed E-state index contributed by atoms with van der Waals surface area (Å²) < 4.78 is 5.20. The average Bonchev–Trinajstić information content (AvgIpc) is 2.41. The molecule has 2 nitrogen and oxygen atoms in total. The molecule has 19 heavy (non-hydrogen) atoms. The molecule has 0 radical (unpaired) electrons. The minimum absolute atomic E-state index is 0.310. The Kier molecular flexibility index (Phi) is 3.13. The maximum Gasteiger partial charge on any atom is 0.337 e. The molecule has 0 fully saturated rings. The lowest BCUT2D eigenvalue weighted by molar-refractivity contribution is 0.557. The van der Waals surface area contributed by atoms with Crippen molar-refractivity contribution in [1.82, 2.24) is 0 Å². The first-order valence-electron chi connectivity index (χ1n) is 6.00. The van der Waals surface area contributed by atoms with Crippen LogP contribution in [0.2, 0.25) is 0 Å². The number of benzene rings is 2. The highest BCUT2D eigenvalue weighted by atomic mass is 32.2. The zero-order chi connectivity index (χ0) is 13.2. The zero-order valence-corrected chi connectivity index (χ0v) is 11.2. The minimum Gasteiger partial charge on any atom is -0.423 e. The van der Waals surface area contributed by atoms with Crippen LogP contribution in [0.1, 0.15) is 5.56 Å². The van der Waals surface area contributed by atoms with Crippen molar-refractivity contribution in [1.29, 1.82) is 0 Å². The van der Waals surface area contributed by atoms with Crippen LogP contribution in [0.25, 0.3) is 11.0 Å². The molecule has 0 unspecified atom stereocenters. The second kappa shape index (κ2) is 4.94. The van der Waals surface area contributed by atoms with Crippen LogP contribution in [0.5, 0.6) is 0 Å². The molecule has 0 saturated carbocycles. The molecule has 0 aliphatic heterocycles. The number of para-hydroxylation sites is 1. The summed E-state index contributed by atoms with van der Waals surface area (Å²) in [4.78, 5) is 13.7. The van der Waals surface area contributed by atoms with Crippen LogP contribution in [0.3, 0.4) is 0 Å². The molecule has 1 heterocycles. The van der Waals surface area contributed by atoms with E-state index >= 15 is 0 Å². The van der Waals surface area contributed by atoms with Crippen molar-refractivity contribution in [2.45, 2.75) is 16.7 Å². The third-order valence-corrected chi connectivity index (χ3v) is 4.16. The van der Waals surface area contributed by atoms with Crippen LogP contribution in [0.15, 0.2) is 73.6 Å². The highest BCUT2D eigenvalue weighted by molar-refractivity contribution is 7.99. The Morgan fingerprint density at radius 3 is 2.53 bits per heavy atom. The summed E-state index contributed by atoms with van der Waals surface area (Å²) in [7, 11) is 0. The van der Waals surface area contributed by atoms with Gasteiger partial charge in [-0.25, -0.2) is 4.79 Å². The summed E-state index contributed by atoms with van der Waals surface area (Å²) in [6, 6.07) is 17.3. The predicted octanol–water partition coefficient (Wildman–Crippen LogP) is 4.25. The molecule has 3 rings (SSSR count). The Bertz CT molecular complexity index is 790. The number of hydrogen-bond acceptors (Lipinski definition) is 3. The van der Waals surface area contributed by atoms with Crippen LogP contribution in [0, 0.1) is 6.92 Å². The number of fused-ring (bicyclic) bond motifs is 1. The fourth-order valence-electron chi connectivity index (χ4n) is 1.96. The van der Waals surface area contributed by atoms with Crippen LogP contribution < -0.4 is 5.63 Å². The van der Waals surface area contributed by atoms with Gasteiger partial charge in [0, 0.05) is 21.2 Å². The van der Waals surface area contributed by atoms with E-state index in [0.717, 1.165) is 15.2 Å². The van der Waals surface area contributed by atoms with Gasteiger partial charge in [0.2, 0.25) is 0 Å². The van der Waals surface area contributed by atoms with E-state index in [1.165, 1.54) is 5.56 Å². The SMILES string of the molecule is Cc1ccccc1Sc1cc(=O)oc2ccccc12. The Morgan fingerprint density at radius 1 is 0.947 bits per heavy atom. The Hall–Kier alpha value is -2.00. The van der Waals surface area contributed by atoms with Crippen molar-refractivity contribution < 1.29 is 4.42 Å². The number of aryl methyl sites for hydroxylation is 1. The largest absolute Gasteiger partial charge is 0.423 e. The number of rotatable bonds is 2. The lowest BCUT2D eigenvalue weighted by Gasteiger charge is -2.07. The highest BCUT2D eigenvalue weighted by Gasteiger charge is 2.07. The summed E-state index contributed by atoms with van der Waals surface area (Å²) in [5.74, 6) is 0. The Labute approximate surface area is 115 Å². The molecule has 0 amide bonds. The standard InChI is InChI=1S/C16H12O2S/c1-11-6-2-5-9-14(11)19-15-10-16(17)18-13-8-4-3-7-12(13)15/h2-10H,1H3. The van der Waals surface area contributed by atoms with Crippen molar-refractivity contribution in [3.05, 3.63) is 70.6 Å². The molecule has 0 atom stereocenters. The topological polar surface area (TPSA) is 30.2 Å². The monoisotopic (exact) mass is 268 g/mol. The van der Waals surface area contributed by atoms with Gasteiger partial charge in [0.25, 0.3) is 0 Å². The highest BCUT2D eigenvalue weighted by Crippen LogP contribution is 2.33. The number of hydrogen-bond donors (Lipinski definition) is 0. The van der Waals surface area contributed by atoms with Gasteiger partial charge in [-0.15, -0.1) is 0 Å². The van der Waals surface area contributed by atoms with Gasteiger partial charge in [-0.3, -0.25) is 0 Å². The average molecular weight is 268 g/mol. The van der Waals surface area contributed by atoms with E-state index in [1.807, 2.05) is 36.4 Å². The first-order chi connectivity index (χ1) is 9.24. The molecule has 3 aromatic rings. The fraction of sp³-hybridized carbons (Fsp3) is 0.0625. The summed E-state index contributed by atoms with van der Waals surface area (Å²) >= 11 is 1.60. The summed E-state index contributed by atoms with van der Waals surface area (Å²) in [6.07, 6.45) is 0. The normalized spacial score (nSPS) is 10.8. The van der Waals surface area contributed by atoms with Crippen LogP contribution in [0.4, 0.5) is 0 Å². The van der Waals surface area contributed by atoms with E-state index in [2.05, 4.69) is 19.1 Å². The molecule has 2 aromatic carbocycles. The van der Waals surface area contributed by atoms with Crippen LogP contribution in [-0.2, 0) is 0 Å². The molecular formula is C16H12O2S. The van der Waals surface area contributed by atoms with E-state index in [0.29, 0.717) is 5.58 Å². The second-order valence-corrected chi connectivity index (χ2v) is 5.38.